The number of fused-ring (bicyclic) bond motifs is 1. The molecule has 0 spiro atoms. The standard InChI is InChI=1S/C17H21BrO5/c1-2-19-15(10-18)22-13-8-9-20-14-11-21-17(23-16(13)14)12-6-4-3-5-7-12/h3-9,13-17H,2,10-11H2,1H3/t13-,14+,15+,16-,17+/m0/s1. The van der Waals surface area contributed by atoms with Crippen LogP contribution in [0.4, 0.5) is 0 Å². The minimum atomic E-state index is -0.409. The predicted octanol–water partition coefficient (Wildman–Crippen LogP) is 3.16. The Bertz CT molecular complexity index is 509. The van der Waals surface area contributed by atoms with Crippen LogP contribution in [0.25, 0.3) is 0 Å². The molecule has 5 nitrogen and oxygen atoms in total. The first-order valence-electron chi connectivity index (χ1n) is 7.79. The minimum Gasteiger partial charge on any atom is -0.493 e. The molecule has 1 saturated heterocycles. The van der Waals surface area contributed by atoms with E-state index in [0.29, 0.717) is 18.5 Å². The topological polar surface area (TPSA) is 46.2 Å². The van der Waals surface area contributed by atoms with E-state index < -0.39 is 6.29 Å². The van der Waals surface area contributed by atoms with Crippen molar-refractivity contribution in [1.29, 1.82) is 0 Å². The lowest BCUT2D eigenvalue weighted by Crippen LogP contribution is -2.51. The molecular weight excluding hydrogens is 364 g/mol. The van der Waals surface area contributed by atoms with E-state index in [1.807, 2.05) is 43.3 Å². The van der Waals surface area contributed by atoms with Gasteiger partial charge in [0.25, 0.3) is 0 Å². The number of ether oxygens (including phenoxy) is 5. The van der Waals surface area contributed by atoms with E-state index >= 15 is 0 Å². The van der Waals surface area contributed by atoms with Gasteiger partial charge in [0.15, 0.2) is 18.7 Å². The highest BCUT2D eigenvalue weighted by atomic mass is 79.9. The lowest BCUT2D eigenvalue weighted by atomic mass is 10.0. The van der Waals surface area contributed by atoms with Gasteiger partial charge in [-0.3, -0.25) is 0 Å². The Morgan fingerprint density at radius 1 is 1.30 bits per heavy atom. The third kappa shape index (κ3) is 4.14. The van der Waals surface area contributed by atoms with Crippen LogP contribution in [0.5, 0.6) is 0 Å². The fraction of sp³-hybridized carbons (Fsp3) is 0.529. The molecule has 0 unspecified atom stereocenters. The van der Waals surface area contributed by atoms with E-state index in [2.05, 4.69) is 15.9 Å². The van der Waals surface area contributed by atoms with Crippen LogP contribution in [0.3, 0.4) is 0 Å². The molecule has 2 aliphatic heterocycles. The molecule has 0 radical (unpaired) electrons. The Balaban J connectivity index is 1.69. The Morgan fingerprint density at radius 2 is 2.13 bits per heavy atom. The Kier molecular flexibility index (Phi) is 6.08. The molecule has 1 aromatic carbocycles. The molecule has 126 valence electrons. The van der Waals surface area contributed by atoms with E-state index in [0.717, 1.165) is 5.56 Å². The molecule has 6 heteroatoms. The molecule has 3 rings (SSSR count). The summed E-state index contributed by atoms with van der Waals surface area (Å²) in [5.41, 5.74) is 0.987. The van der Waals surface area contributed by atoms with Crippen LogP contribution in [0.15, 0.2) is 42.7 Å². The SMILES string of the molecule is CCO[C@@H](CBr)O[C@H]1C=CO[C@@H]2CO[C@@H](c3ccccc3)O[C@@H]12. The molecule has 1 aromatic rings. The van der Waals surface area contributed by atoms with Gasteiger partial charge in [0.2, 0.25) is 0 Å². The summed E-state index contributed by atoms with van der Waals surface area (Å²) < 4.78 is 29.1. The maximum atomic E-state index is 6.12. The van der Waals surface area contributed by atoms with Crippen LogP contribution in [-0.2, 0) is 23.7 Å². The van der Waals surface area contributed by atoms with Gasteiger partial charge in [-0.2, -0.15) is 0 Å². The predicted molar refractivity (Wildman–Crippen MR) is 88.1 cm³/mol. The summed E-state index contributed by atoms with van der Waals surface area (Å²) in [6, 6.07) is 9.88. The lowest BCUT2D eigenvalue weighted by molar-refractivity contribution is -0.292. The lowest BCUT2D eigenvalue weighted by Gasteiger charge is -2.41. The van der Waals surface area contributed by atoms with Crippen LogP contribution >= 0.6 is 15.9 Å². The second-order valence-corrected chi connectivity index (χ2v) is 5.97. The third-order valence-electron chi connectivity index (χ3n) is 3.76. The fourth-order valence-electron chi connectivity index (χ4n) is 2.67. The molecule has 1 fully saturated rings. The maximum absolute atomic E-state index is 6.12. The van der Waals surface area contributed by atoms with Crippen LogP contribution in [0.1, 0.15) is 18.8 Å². The third-order valence-corrected chi connectivity index (χ3v) is 4.29. The van der Waals surface area contributed by atoms with E-state index in [1.165, 1.54) is 0 Å². The molecule has 0 aromatic heterocycles. The zero-order valence-electron chi connectivity index (χ0n) is 13.0. The Labute approximate surface area is 144 Å². The Hall–Kier alpha value is -0.920. The van der Waals surface area contributed by atoms with Crippen molar-refractivity contribution in [2.24, 2.45) is 0 Å². The highest BCUT2D eigenvalue weighted by molar-refractivity contribution is 9.09. The number of rotatable bonds is 6. The van der Waals surface area contributed by atoms with Gasteiger partial charge in [0.1, 0.15) is 12.2 Å². The number of benzene rings is 1. The molecule has 5 atom stereocenters. The molecule has 0 bridgehead atoms. The van der Waals surface area contributed by atoms with Crippen LogP contribution in [-0.4, -0.2) is 43.1 Å². The van der Waals surface area contributed by atoms with Crippen molar-refractivity contribution in [1.82, 2.24) is 0 Å². The van der Waals surface area contributed by atoms with Crippen molar-refractivity contribution in [3.63, 3.8) is 0 Å². The number of hydrogen-bond donors (Lipinski definition) is 0. The monoisotopic (exact) mass is 384 g/mol. The number of alkyl halides is 1. The summed E-state index contributed by atoms with van der Waals surface area (Å²) in [5, 5.41) is 0.599. The first kappa shape index (κ1) is 16.9. The summed E-state index contributed by atoms with van der Waals surface area (Å²) >= 11 is 3.41. The second-order valence-electron chi connectivity index (χ2n) is 5.32. The zero-order valence-corrected chi connectivity index (χ0v) is 14.6. The summed E-state index contributed by atoms with van der Waals surface area (Å²) in [6.45, 7) is 2.99. The van der Waals surface area contributed by atoms with Gasteiger partial charge >= 0.3 is 0 Å². The average molecular weight is 385 g/mol. The van der Waals surface area contributed by atoms with Crippen LogP contribution < -0.4 is 0 Å². The maximum Gasteiger partial charge on any atom is 0.184 e. The van der Waals surface area contributed by atoms with E-state index in [-0.39, 0.29) is 24.6 Å². The Morgan fingerprint density at radius 3 is 2.87 bits per heavy atom. The van der Waals surface area contributed by atoms with Crippen molar-refractivity contribution >= 4 is 15.9 Å². The van der Waals surface area contributed by atoms with Gasteiger partial charge in [0.05, 0.1) is 18.2 Å². The van der Waals surface area contributed by atoms with Gasteiger partial charge in [-0.05, 0) is 13.0 Å². The van der Waals surface area contributed by atoms with E-state index in [1.54, 1.807) is 6.26 Å². The van der Waals surface area contributed by atoms with Gasteiger partial charge in [-0.25, -0.2) is 0 Å². The normalized spacial score (nSPS) is 31.2. The van der Waals surface area contributed by atoms with Gasteiger partial charge in [-0.1, -0.05) is 46.3 Å². The highest BCUT2D eigenvalue weighted by Crippen LogP contribution is 2.32. The molecule has 0 N–H and O–H groups in total. The molecule has 23 heavy (non-hydrogen) atoms. The second kappa shape index (κ2) is 8.26. The van der Waals surface area contributed by atoms with Crippen molar-refractivity contribution in [2.45, 2.75) is 37.8 Å². The zero-order chi connectivity index (χ0) is 16.1. The molecule has 0 amide bonds. The fourth-order valence-corrected chi connectivity index (χ4v) is 3.01. The number of hydrogen-bond acceptors (Lipinski definition) is 5. The summed E-state index contributed by atoms with van der Waals surface area (Å²) in [5.74, 6) is 0. The summed E-state index contributed by atoms with van der Waals surface area (Å²) in [7, 11) is 0. The molecule has 0 saturated carbocycles. The van der Waals surface area contributed by atoms with Crippen molar-refractivity contribution in [3.05, 3.63) is 48.2 Å². The molecule has 0 aliphatic carbocycles. The van der Waals surface area contributed by atoms with Crippen LogP contribution in [0.2, 0.25) is 0 Å². The largest absolute Gasteiger partial charge is 0.493 e. The van der Waals surface area contributed by atoms with E-state index in [4.69, 9.17) is 23.7 Å². The number of halogens is 1. The summed E-state index contributed by atoms with van der Waals surface area (Å²) in [6.07, 6.45) is 2.13. The first-order chi connectivity index (χ1) is 11.3. The molecule has 2 aliphatic rings. The van der Waals surface area contributed by atoms with Gasteiger partial charge in [-0.15, -0.1) is 0 Å². The molecular formula is C17H21BrO5. The minimum absolute atomic E-state index is 0.178. The van der Waals surface area contributed by atoms with Gasteiger partial charge < -0.3 is 23.7 Å². The van der Waals surface area contributed by atoms with Gasteiger partial charge in [0, 0.05) is 12.2 Å². The van der Waals surface area contributed by atoms with Crippen molar-refractivity contribution < 1.29 is 23.7 Å². The summed E-state index contributed by atoms with van der Waals surface area (Å²) in [4.78, 5) is 0. The quantitative estimate of drug-likeness (QED) is 0.556. The smallest absolute Gasteiger partial charge is 0.184 e. The first-order valence-corrected chi connectivity index (χ1v) is 8.91. The van der Waals surface area contributed by atoms with Crippen LogP contribution in [0, 0.1) is 0 Å². The average Bonchev–Trinajstić information content (AvgIpc) is 2.62. The highest BCUT2D eigenvalue weighted by Gasteiger charge is 2.41. The molecule has 2 heterocycles. The van der Waals surface area contributed by atoms with E-state index in [9.17, 15) is 0 Å². The van der Waals surface area contributed by atoms with Crippen molar-refractivity contribution in [2.75, 3.05) is 18.5 Å². The van der Waals surface area contributed by atoms with Crippen molar-refractivity contribution in [3.8, 4) is 0 Å².